The van der Waals surface area contributed by atoms with Crippen LogP contribution in [0.1, 0.15) is 11.1 Å². The third-order valence-electron chi connectivity index (χ3n) is 4.60. The zero-order valence-corrected chi connectivity index (χ0v) is 14.9. The topological polar surface area (TPSA) is 45.2 Å². The maximum absolute atomic E-state index is 6.43. The molecule has 0 aliphatic carbocycles. The molecule has 2 aromatic heterocycles. The maximum Gasteiger partial charge on any atom is 0.225 e. The second-order valence-electron chi connectivity index (χ2n) is 6.45. The van der Waals surface area contributed by atoms with E-state index < -0.39 is 0 Å². The fourth-order valence-corrected chi connectivity index (χ4v) is 3.42. The number of aromatic nitrogens is 3. The monoisotopic (exact) mass is 353 g/mol. The van der Waals surface area contributed by atoms with Gasteiger partial charge in [-0.25, -0.2) is 15.0 Å². The molecule has 3 aromatic rings. The molecule has 1 aromatic carbocycles. The molecule has 0 radical (unpaired) electrons. The number of hydrogen-bond acceptors (Lipinski definition) is 5. The molecular formula is C19H20ClN5. The SMILES string of the molecule is Cc1ccc2cc(CN3CCN(c4ncccn4)CC3)c(Cl)nc2c1. The van der Waals surface area contributed by atoms with E-state index in [4.69, 9.17) is 11.6 Å². The fourth-order valence-electron chi connectivity index (χ4n) is 3.21. The molecule has 6 heteroatoms. The Morgan fingerprint density at radius 3 is 2.56 bits per heavy atom. The molecule has 3 heterocycles. The molecule has 4 rings (SSSR count). The summed E-state index contributed by atoms with van der Waals surface area (Å²) in [7, 11) is 0. The Hall–Kier alpha value is -2.24. The third kappa shape index (κ3) is 3.57. The van der Waals surface area contributed by atoms with Gasteiger partial charge in [0, 0.05) is 56.1 Å². The molecule has 128 valence electrons. The van der Waals surface area contributed by atoms with E-state index in [-0.39, 0.29) is 0 Å². The quantitative estimate of drug-likeness (QED) is 0.676. The van der Waals surface area contributed by atoms with Crippen molar-refractivity contribution in [3.8, 4) is 0 Å². The lowest BCUT2D eigenvalue weighted by atomic mass is 10.1. The number of fused-ring (bicyclic) bond motifs is 1. The van der Waals surface area contributed by atoms with Crippen LogP contribution in [0.3, 0.4) is 0 Å². The van der Waals surface area contributed by atoms with E-state index in [0.29, 0.717) is 5.15 Å². The number of aryl methyl sites for hydroxylation is 1. The van der Waals surface area contributed by atoms with Crippen LogP contribution in [0.25, 0.3) is 10.9 Å². The minimum Gasteiger partial charge on any atom is -0.338 e. The number of hydrogen-bond donors (Lipinski definition) is 0. The Labute approximate surface area is 152 Å². The average molecular weight is 354 g/mol. The first kappa shape index (κ1) is 16.2. The standard InChI is InChI=1S/C19H20ClN5/c1-14-3-4-15-12-16(18(20)23-17(15)11-14)13-24-7-9-25(10-8-24)19-21-5-2-6-22-19/h2-6,11-12H,7-10,13H2,1H3. The molecule has 0 unspecified atom stereocenters. The summed E-state index contributed by atoms with van der Waals surface area (Å²) < 4.78 is 0. The summed E-state index contributed by atoms with van der Waals surface area (Å²) in [4.78, 5) is 17.9. The Balaban J connectivity index is 1.45. The van der Waals surface area contributed by atoms with Gasteiger partial charge in [0.25, 0.3) is 0 Å². The molecule has 0 amide bonds. The van der Waals surface area contributed by atoms with Gasteiger partial charge >= 0.3 is 0 Å². The zero-order chi connectivity index (χ0) is 17.2. The second kappa shape index (κ2) is 6.94. The van der Waals surface area contributed by atoms with Crippen molar-refractivity contribution in [2.45, 2.75) is 13.5 Å². The molecule has 0 N–H and O–H groups in total. The first-order chi connectivity index (χ1) is 12.2. The van der Waals surface area contributed by atoms with Gasteiger partial charge in [-0.3, -0.25) is 4.90 Å². The van der Waals surface area contributed by atoms with Crippen LogP contribution in [-0.2, 0) is 6.54 Å². The van der Waals surface area contributed by atoms with E-state index >= 15 is 0 Å². The van der Waals surface area contributed by atoms with Crippen LogP contribution < -0.4 is 4.90 Å². The summed E-state index contributed by atoms with van der Waals surface area (Å²) in [5, 5.41) is 1.74. The van der Waals surface area contributed by atoms with Gasteiger partial charge < -0.3 is 4.90 Å². The number of piperazine rings is 1. The highest BCUT2D eigenvalue weighted by molar-refractivity contribution is 6.30. The summed E-state index contributed by atoms with van der Waals surface area (Å²) in [5.41, 5.74) is 3.24. The first-order valence-corrected chi connectivity index (χ1v) is 8.87. The minimum atomic E-state index is 0.604. The molecule has 1 aliphatic rings. The van der Waals surface area contributed by atoms with Crippen LogP contribution in [0.5, 0.6) is 0 Å². The Kier molecular flexibility index (Phi) is 4.51. The van der Waals surface area contributed by atoms with Gasteiger partial charge in [-0.05, 0) is 30.7 Å². The van der Waals surface area contributed by atoms with Gasteiger partial charge in [0.15, 0.2) is 0 Å². The van der Waals surface area contributed by atoms with Gasteiger partial charge in [-0.1, -0.05) is 23.7 Å². The predicted molar refractivity (Wildman–Crippen MR) is 101 cm³/mol. The summed E-state index contributed by atoms with van der Waals surface area (Å²) >= 11 is 6.43. The highest BCUT2D eigenvalue weighted by Crippen LogP contribution is 2.23. The third-order valence-corrected chi connectivity index (χ3v) is 4.93. The smallest absolute Gasteiger partial charge is 0.225 e. The van der Waals surface area contributed by atoms with E-state index in [1.165, 1.54) is 5.56 Å². The van der Waals surface area contributed by atoms with Crippen molar-refractivity contribution in [1.82, 2.24) is 19.9 Å². The Morgan fingerprint density at radius 2 is 1.80 bits per heavy atom. The number of nitrogens with zero attached hydrogens (tertiary/aromatic N) is 5. The van der Waals surface area contributed by atoms with Crippen LogP contribution in [0, 0.1) is 6.92 Å². The number of rotatable bonds is 3. The van der Waals surface area contributed by atoms with E-state index in [1.54, 1.807) is 12.4 Å². The molecule has 5 nitrogen and oxygen atoms in total. The molecule has 0 atom stereocenters. The fraction of sp³-hybridized carbons (Fsp3) is 0.316. The van der Waals surface area contributed by atoms with Crippen molar-refractivity contribution in [2.24, 2.45) is 0 Å². The van der Waals surface area contributed by atoms with Crippen molar-refractivity contribution in [2.75, 3.05) is 31.1 Å². The molecule has 0 spiro atoms. The lowest BCUT2D eigenvalue weighted by Gasteiger charge is -2.34. The molecular weight excluding hydrogens is 334 g/mol. The van der Waals surface area contributed by atoms with Crippen LogP contribution in [0.15, 0.2) is 42.7 Å². The Morgan fingerprint density at radius 1 is 1.04 bits per heavy atom. The lowest BCUT2D eigenvalue weighted by Crippen LogP contribution is -2.46. The number of benzene rings is 1. The van der Waals surface area contributed by atoms with E-state index in [0.717, 1.165) is 55.1 Å². The van der Waals surface area contributed by atoms with Crippen molar-refractivity contribution in [3.05, 3.63) is 59.0 Å². The van der Waals surface area contributed by atoms with Gasteiger partial charge in [-0.2, -0.15) is 0 Å². The Bertz CT molecular complexity index is 876. The summed E-state index contributed by atoms with van der Waals surface area (Å²) in [6.07, 6.45) is 3.58. The van der Waals surface area contributed by atoms with Crippen LogP contribution in [-0.4, -0.2) is 46.0 Å². The van der Waals surface area contributed by atoms with Gasteiger partial charge in [0.05, 0.1) is 5.52 Å². The second-order valence-corrected chi connectivity index (χ2v) is 6.80. The number of halogens is 1. The normalized spacial score (nSPS) is 15.7. The molecule has 1 saturated heterocycles. The molecule has 25 heavy (non-hydrogen) atoms. The predicted octanol–water partition coefficient (Wildman–Crippen LogP) is 3.31. The van der Waals surface area contributed by atoms with Crippen LogP contribution in [0.4, 0.5) is 5.95 Å². The lowest BCUT2D eigenvalue weighted by molar-refractivity contribution is 0.248. The van der Waals surface area contributed by atoms with E-state index in [9.17, 15) is 0 Å². The zero-order valence-electron chi connectivity index (χ0n) is 14.2. The minimum absolute atomic E-state index is 0.604. The first-order valence-electron chi connectivity index (χ1n) is 8.49. The number of anilines is 1. The molecule has 1 aliphatic heterocycles. The molecule has 0 bridgehead atoms. The summed E-state index contributed by atoms with van der Waals surface area (Å²) in [5.74, 6) is 0.808. The average Bonchev–Trinajstić information content (AvgIpc) is 2.64. The highest BCUT2D eigenvalue weighted by atomic mass is 35.5. The van der Waals surface area contributed by atoms with E-state index in [1.807, 2.05) is 6.07 Å². The van der Waals surface area contributed by atoms with Gasteiger partial charge in [0.1, 0.15) is 5.15 Å². The van der Waals surface area contributed by atoms with Gasteiger partial charge in [0.2, 0.25) is 5.95 Å². The van der Waals surface area contributed by atoms with Crippen molar-refractivity contribution in [3.63, 3.8) is 0 Å². The van der Waals surface area contributed by atoms with Crippen LogP contribution in [0.2, 0.25) is 5.15 Å². The summed E-state index contributed by atoms with van der Waals surface area (Å²) in [6.45, 7) is 6.64. The van der Waals surface area contributed by atoms with Crippen molar-refractivity contribution in [1.29, 1.82) is 0 Å². The largest absolute Gasteiger partial charge is 0.338 e. The maximum atomic E-state index is 6.43. The molecule has 0 saturated carbocycles. The number of pyridine rings is 1. The van der Waals surface area contributed by atoms with Crippen molar-refractivity contribution < 1.29 is 0 Å². The van der Waals surface area contributed by atoms with Crippen molar-refractivity contribution >= 4 is 28.5 Å². The van der Waals surface area contributed by atoms with E-state index in [2.05, 4.69) is 55.9 Å². The molecule has 1 fully saturated rings. The highest BCUT2D eigenvalue weighted by Gasteiger charge is 2.19. The van der Waals surface area contributed by atoms with Gasteiger partial charge in [-0.15, -0.1) is 0 Å². The summed E-state index contributed by atoms with van der Waals surface area (Å²) in [6, 6.07) is 10.3. The van der Waals surface area contributed by atoms with Crippen LogP contribution >= 0.6 is 11.6 Å².